The molecule has 0 aliphatic carbocycles. The highest BCUT2D eigenvalue weighted by molar-refractivity contribution is 6.31. The Morgan fingerprint density at radius 3 is 2.61 bits per heavy atom. The second-order valence-corrected chi connectivity index (χ2v) is 8.05. The second-order valence-electron chi connectivity index (χ2n) is 7.62. The molecule has 1 saturated heterocycles. The maximum absolute atomic E-state index is 13.5. The largest absolute Gasteiger partial charge is 0.342 e. The molecule has 0 atom stereocenters. The highest BCUT2D eigenvalue weighted by Gasteiger charge is 2.40. The van der Waals surface area contributed by atoms with Crippen molar-refractivity contribution in [2.24, 2.45) is 0 Å². The fraction of sp³-hybridized carbons (Fsp3) is 0.364. The van der Waals surface area contributed by atoms with Gasteiger partial charge in [-0.25, -0.2) is 4.39 Å². The highest BCUT2D eigenvalue weighted by atomic mass is 35.5. The molecule has 2 aliphatic rings. The van der Waals surface area contributed by atoms with E-state index < -0.39 is 5.79 Å². The van der Waals surface area contributed by atoms with Crippen molar-refractivity contribution < 1.29 is 13.9 Å². The number of rotatable bonds is 3. The predicted octanol–water partition coefficient (Wildman–Crippen LogP) is 4.32. The Morgan fingerprint density at radius 1 is 1.11 bits per heavy atom. The first-order valence-corrected chi connectivity index (χ1v) is 9.95. The minimum atomic E-state index is -0.914. The number of likely N-dealkylation sites (N-methyl/N-ethyl adjacent to an activating group) is 1. The molecule has 0 saturated carbocycles. The third-order valence-corrected chi connectivity index (χ3v) is 6.05. The third kappa shape index (κ3) is 2.94. The molecule has 0 radical (unpaired) electrons. The number of hydrogen-bond acceptors (Lipinski definition) is 3. The molecule has 4 nitrogen and oxygen atoms in total. The standard InChI is InChI=1S/C22H22ClFN2O2/c1-25-9-8-18-19-12-16(23)4-7-20(19)26(21(18)13-25)14-22(27-10-11-28-22)15-2-5-17(24)6-3-15/h2-7,12H,8-11,13-14H2,1H3. The Labute approximate surface area is 168 Å². The van der Waals surface area contributed by atoms with Gasteiger partial charge in [-0.2, -0.15) is 0 Å². The van der Waals surface area contributed by atoms with Crippen LogP contribution in [0.25, 0.3) is 10.9 Å². The van der Waals surface area contributed by atoms with Gasteiger partial charge in [0.1, 0.15) is 5.82 Å². The quantitative estimate of drug-likeness (QED) is 0.655. The number of fused-ring (bicyclic) bond motifs is 3. The van der Waals surface area contributed by atoms with Crippen LogP contribution in [0.5, 0.6) is 0 Å². The van der Waals surface area contributed by atoms with Crippen molar-refractivity contribution in [2.75, 3.05) is 26.8 Å². The number of benzene rings is 2. The van der Waals surface area contributed by atoms with Gasteiger partial charge in [0.05, 0.1) is 19.8 Å². The SMILES string of the molecule is CN1CCc2c(n(CC3(c4ccc(F)cc4)OCCO3)c3ccc(Cl)cc23)C1. The lowest BCUT2D eigenvalue weighted by Gasteiger charge is -2.31. The van der Waals surface area contributed by atoms with Gasteiger partial charge in [0.2, 0.25) is 5.79 Å². The topological polar surface area (TPSA) is 26.6 Å². The van der Waals surface area contributed by atoms with Crippen molar-refractivity contribution >= 4 is 22.5 Å². The van der Waals surface area contributed by atoms with Crippen molar-refractivity contribution in [1.29, 1.82) is 0 Å². The van der Waals surface area contributed by atoms with Gasteiger partial charge in [-0.3, -0.25) is 0 Å². The molecule has 2 aromatic carbocycles. The maximum Gasteiger partial charge on any atom is 0.213 e. The Kier molecular flexibility index (Phi) is 4.43. The molecule has 5 rings (SSSR count). The van der Waals surface area contributed by atoms with Crippen LogP contribution in [-0.2, 0) is 34.8 Å². The zero-order valence-corrected chi connectivity index (χ0v) is 16.5. The summed E-state index contributed by atoms with van der Waals surface area (Å²) in [5, 5.41) is 1.94. The first kappa shape index (κ1) is 18.1. The lowest BCUT2D eigenvalue weighted by molar-refractivity contribution is -0.175. The minimum Gasteiger partial charge on any atom is -0.342 e. The molecule has 0 N–H and O–H groups in total. The Morgan fingerprint density at radius 2 is 1.86 bits per heavy atom. The van der Waals surface area contributed by atoms with Gasteiger partial charge in [0.25, 0.3) is 0 Å². The fourth-order valence-electron chi connectivity index (χ4n) is 4.44. The molecule has 3 aromatic rings. The van der Waals surface area contributed by atoms with E-state index in [9.17, 15) is 4.39 Å². The highest BCUT2D eigenvalue weighted by Crippen LogP contribution is 2.38. The van der Waals surface area contributed by atoms with Gasteiger partial charge in [0.15, 0.2) is 0 Å². The van der Waals surface area contributed by atoms with Gasteiger partial charge < -0.3 is 18.9 Å². The van der Waals surface area contributed by atoms with Crippen LogP contribution in [0.15, 0.2) is 42.5 Å². The van der Waals surface area contributed by atoms with E-state index in [1.165, 1.54) is 28.8 Å². The van der Waals surface area contributed by atoms with Crippen LogP contribution < -0.4 is 0 Å². The number of halogens is 2. The second kappa shape index (κ2) is 6.85. The molecule has 0 amide bonds. The van der Waals surface area contributed by atoms with Gasteiger partial charge in [-0.15, -0.1) is 0 Å². The zero-order valence-electron chi connectivity index (χ0n) is 15.8. The molecule has 28 heavy (non-hydrogen) atoms. The van der Waals surface area contributed by atoms with E-state index in [2.05, 4.69) is 28.6 Å². The van der Waals surface area contributed by atoms with Gasteiger partial charge >= 0.3 is 0 Å². The average molecular weight is 401 g/mol. The van der Waals surface area contributed by atoms with Crippen LogP contribution in [0, 0.1) is 5.82 Å². The van der Waals surface area contributed by atoms with E-state index >= 15 is 0 Å². The molecule has 0 unspecified atom stereocenters. The minimum absolute atomic E-state index is 0.267. The molecule has 6 heteroatoms. The maximum atomic E-state index is 13.5. The van der Waals surface area contributed by atoms with Gasteiger partial charge in [0, 0.05) is 40.3 Å². The number of aromatic nitrogens is 1. The van der Waals surface area contributed by atoms with Crippen molar-refractivity contribution in [3.63, 3.8) is 0 Å². The molecular formula is C22H22ClFN2O2. The van der Waals surface area contributed by atoms with E-state index in [1.54, 1.807) is 12.1 Å². The molecule has 0 bridgehead atoms. The van der Waals surface area contributed by atoms with Crippen molar-refractivity contribution in [1.82, 2.24) is 9.47 Å². The monoisotopic (exact) mass is 400 g/mol. The molecule has 2 aliphatic heterocycles. The van der Waals surface area contributed by atoms with Gasteiger partial charge in [-0.1, -0.05) is 23.7 Å². The summed E-state index contributed by atoms with van der Waals surface area (Å²) in [6.45, 7) is 3.44. The Balaban J connectivity index is 1.66. The van der Waals surface area contributed by atoms with Crippen molar-refractivity contribution in [3.8, 4) is 0 Å². The van der Waals surface area contributed by atoms with Crippen LogP contribution in [0.3, 0.4) is 0 Å². The van der Waals surface area contributed by atoms with Crippen molar-refractivity contribution in [2.45, 2.75) is 25.3 Å². The summed E-state index contributed by atoms with van der Waals surface area (Å²) in [6, 6.07) is 12.5. The van der Waals surface area contributed by atoms with Crippen LogP contribution in [0.1, 0.15) is 16.8 Å². The lowest BCUT2D eigenvalue weighted by atomic mass is 10.0. The first-order valence-electron chi connectivity index (χ1n) is 9.58. The first-order chi connectivity index (χ1) is 13.6. The van der Waals surface area contributed by atoms with E-state index in [4.69, 9.17) is 21.1 Å². The third-order valence-electron chi connectivity index (χ3n) is 5.82. The van der Waals surface area contributed by atoms with Crippen molar-refractivity contribution in [3.05, 3.63) is 70.1 Å². The molecular weight excluding hydrogens is 379 g/mol. The van der Waals surface area contributed by atoms with Crippen LogP contribution in [0.2, 0.25) is 5.02 Å². The van der Waals surface area contributed by atoms with E-state index in [0.717, 1.165) is 35.6 Å². The molecule has 1 aromatic heterocycles. The van der Waals surface area contributed by atoms with Crippen LogP contribution in [-0.4, -0.2) is 36.3 Å². The van der Waals surface area contributed by atoms with E-state index in [-0.39, 0.29) is 5.82 Å². The number of nitrogens with zero attached hydrogens (tertiary/aromatic N) is 2. The Hall–Kier alpha value is -1.92. The lowest BCUT2D eigenvalue weighted by Crippen LogP contribution is -2.35. The molecule has 3 heterocycles. The number of hydrogen-bond donors (Lipinski definition) is 0. The Bertz CT molecular complexity index is 1030. The summed E-state index contributed by atoms with van der Waals surface area (Å²) < 4.78 is 28.0. The van der Waals surface area contributed by atoms with E-state index in [0.29, 0.717) is 19.8 Å². The smallest absolute Gasteiger partial charge is 0.213 e. The van der Waals surface area contributed by atoms with E-state index in [1.807, 2.05) is 6.07 Å². The summed E-state index contributed by atoms with van der Waals surface area (Å²) in [6.07, 6.45) is 0.987. The van der Waals surface area contributed by atoms with Crippen LogP contribution in [0.4, 0.5) is 4.39 Å². The van der Waals surface area contributed by atoms with Gasteiger partial charge in [-0.05, 0) is 49.4 Å². The summed E-state index contributed by atoms with van der Waals surface area (Å²) in [7, 11) is 2.14. The normalized spacial score (nSPS) is 19.2. The zero-order chi connectivity index (χ0) is 19.3. The van der Waals surface area contributed by atoms with Crippen LogP contribution >= 0.6 is 11.6 Å². The summed E-state index contributed by atoms with van der Waals surface area (Å²) >= 11 is 6.30. The summed E-state index contributed by atoms with van der Waals surface area (Å²) in [4.78, 5) is 2.32. The summed E-state index contributed by atoms with van der Waals surface area (Å²) in [5.74, 6) is -1.18. The number of ether oxygens (including phenoxy) is 2. The molecule has 0 spiro atoms. The predicted molar refractivity (Wildman–Crippen MR) is 107 cm³/mol. The molecule has 1 fully saturated rings. The molecule has 146 valence electrons. The average Bonchev–Trinajstić information content (AvgIpc) is 3.27. The fourth-order valence-corrected chi connectivity index (χ4v) is 4.61. The summed E-state index contributed by atoms with van der Waals surface area (Å²) in [5.41, 5.74) is 4.58.